The van der Waals surface area contributed by atoms with Crippen LogP contribution >= 0.6 is 0 Å². The van der Waals surface area contributed by atoms with Gasteiger partial charge < -0.3 is 31.2 Å². The molecule has 1 unspecified atom stereocenters. The van der Waals surface area contributed by atoms with Gasteiger partial charge in [0, 0.05) is 23.2 Å². The molecule has 0 saturated carbocycles. The van der Waals surface area contributed by atoms with Gasteiger partial charge in [-0.2, -0.15) is 0 Å². The third kappa shape index (κ3) is 6.27. The third-order valence-corrected chi connectivity index (χ3v) is 6.29. The number of aliphatic hydroxyl groups excluding tert-OH is 2. The number of carbonyl (C=O) groups excluding carboxylic acids is 1. The first-order valence-electron chi connectivity index (χ1n) is 11.9. The fraction of sp³-hybridized carbons (Fsp3) is 0.167. The highest BCUT2D eigenvalue weighted by atomic mass is 16.5. The molecule has 7 nitrogen and oxygen atoms in total. The van der Waals surface area contributed by atoms with Crippen LogP contribution in [0.2, 0.25) is 0 Å². The first-order valence-corrected chi connectivity index (χ1v) is 11.9. The number of benzene rings is 4. The molecule has 0 saturated heterocycles. The van der Waals surface area contributed by atoms with Crippen molar-refractivity contribution in [2.75, 3.05) is 18.1 Å². The molecule has 0 spiro atoms. The van der Waals surface area contributed by atoms with Crippen LogP contribution in [0.3, 0.4) is 0 Å². The first kappa shape index (κ1) is 25.8. The predicted octanol–water partition coefficient (Wildman–Crippen LogP) is 5.05. The van der Waals surface area contributed by atoms with Crippen molar-refractivity contribution in [1.29, 1.82) is 0 Å². The second-order valence-electron chi connectivity index (χ2n) is 9.06. The van der Waals surface area contributed by atoms with Crippen LogP contribution in [0, 0.1) is 0 Å². The molecule has 190 valence electrons. The number of hydrogen-bond acceptors (Lipinski definition) is 7. The second kappa shape index (κ2) is 11.2. The number of anilines is 2. The van der Waals surface area contributed by atoms with E-state index in [1.165, 1.54) is 0 Å². The van der Waals surface area contributed by atoms with Gasteiger partial charge in [-0.3, -0.25) is 4.79 Å². The van der Waals surface area contributed by atoms with Crippen LogP contribution in [0.4, 0.5) is 11.4 Å². The van der Waals surface area contributed by atoms with Crippen LogP contribution in [0.5, 0.6) is 23.0 Å². The predicted molar refractivity (Wildman–Crippen MR) is 144 cm³/mol. The minimum atomic E-state index is -1.44. The molecule has 0 aromatic heterocycles. The van der Waals surface area contributed by atoms with E-state index in [0.29, 0.717) is 34.4 Å². The van der Waals surface area contributed by atoms with E-state index in [2.05, 4.69) is 0 Å². The molecule has 4 rings (SSSR count). The molecule has 37 heavy (non-hydrogen) atoms. The Hall–Kier alpha value is -4.33. The lowest BCUT2D eigenvalue weighted by Crippen LogP contribution is -2.34. The number of nitrogens with two attached hydrogens (primary N) is 2. The number of rotatable bonds is 10. The van der Waals surface area contributed by atoms with Gasteiger partial charge >= 0.3 is 0 Å². The highest BCUT2D eigenvalue weighted by molar-refractivity contribution is 5.85. The van der Waals surface area contributed by atoms with Gasteiger partial charge in [0.15, 0.2) is 5.78 Å². The number of hydrogen-bond donors (Lipinski definition) is 4. The van der Waals surface area contributed by atoms with Crippen molar-refractivity contribution in [2.45, 2.75) is 24.9 Å². The van der Waals surface area contributed by atoms with Crippen LogP contribution < -0.4 is 20.9 Å². The van der Waals surface area contributed by atoms with E-state index < -0.39 is 23.9 Å². The summed E-state index contributed by atoms with van der Waals surface area (Å²) in [5.74, 6) is 2.12. The molecule has 4 aromatic carbocycles. The Labute approximate surface area is 215 Å². The molecule has 0 heterocycles. The lowest BCUT2D eigenvalue weighted by Gasteiger charge is -2.31. The van der Waals surface area contributed by atoms with Crippen molar-refractivity contribution < 1.29 is 24.5 Å². The van der Waals surface area contributed by atoms with E-state index in [1.807, 2.05) is 55.5 Å². The van der Waals surface area contributed by atoms with Crippen molar-refractivity contribution in [3.05, 3.63) is 108 Å². The summed E-state index contributed by atoms with van der Waals surface area (Å²) in [6, 6.07) is 29.1. The average Bonchev–Trinajstić information content (AvgIpc) is 2.91. The molecular weight excluding hydrogens is 468 g/mol. The number of Topliss-reactive ketones (excluding diaryl/α,β-unsaturated/α-hetero) is 1. The van der Waals surface area contributed by atoms with Gasteiger partial charge in [0.05, 0.1) is 6.61 Å². The Morgan fingerprint density at radius 1 is 0.703 bits per heavy atom. The van der Waals surface area contributed by atoms with Gasteiger partial charge in [-0.15, -0.1) is 0 Å². The molecule has 0 radical (unpaired) electrons. The maximum absolute atomic E-state index is 12.7. The lowest BCUT2D eigenvalue weighted by molar-refractivity contribution is -0.129. The topological polar surface area (TPSA) is 128 Å². The molecular formula is C30H30N2O5. The molecule has 0 aliphatic rings. The minimum Gasteiger partial charge on any atom is -0.457 e. The zero-order chi connectivity index (χ0) is 26.4. The number of ketones is 1. The van der Waals surface area contributed by atoms with Crippen LogP contribution in [0.25, 0.3) is 0 Å². The van der Waals surface area contributed by atoms with Crippen LogP contribution in [-0.4, -0.2) is 28.7 Å². The Morgan fingerprint density at radius 3 is 1.35 bits per heavy atom. The Morgan fingerprint density at radius 2 is 1.03 bits per heavy atom. The van der Waals surface area contributed by atoms with E-state index >= 15 is 0 Å². The minimum absolute atomic E-state index is 0.00887. The molecule has 0 bridgehead atoms. The van der Waals surface area contributed by atoms with E-state index in [9.17, 15) is 15.0 Å². The molecule has 0 fully saturated rings. The summed E-state index contributed by atoms with van der Waals surface area (Å²) in [6.07, 6.45) is -1.45. The lowest BCUT2D eigenvalue weighted by atomic mass is 9.72. The third-order valence-electron chi connectivity index (χ3n) is 6.29. The maximum Gasteiger partial charge on any atom is 0.164 e. The fourth-order valence-electron chi connectivity index (χ4n) is 4.06. The second-order valence-corrected chi connectivity index (χ2v) is 9.06. The quantitative estimate of drug-likeness (QED) is 0.225. The fourth-order valence-corrected chi connectivity index (χ4v) is 4.06. The Bertz CT molecular complexity index is 1230. The molecule has 1 atom stereocenters. The van der Waals surface area contributed by atoms with Crippen molar-refractivity contribution >= 4 is 17.2 Å². The number of aliphatic hydroxyl groups is 2. The molecule has 0 aliphatic carbocycles. The summed E-state index contributed by atoms with van der Waals surface area (Å²) in [4.78, 5) is 12.7. The van der Waals surface area contributed by atoms with Gasteiger partial charge in [0.2, 0.25) is 0 Å². The van der Waals surface area contributed by atoms with Crippen LogP contribution in [-0.2, 0) is 10.2 Å². The highest BCUT2D eigenvalue weighted by Crippen LogP contribution is 2.38. The summed E-state index contributed by atoms with van der Waals surface area (Å²) < 4.78 is 11.8. The number of ether oxygens (including phenoxy) is 2. The smallest absolute Gasteiger partial charge is 0.164 e. The van der Waals surface area contributed by atoms with Crippen molar-refractivity contribution in [3.8, 4) is 23.0 Å². The normalized spacial score (nSPS) is 12.1. The Kier molecular flexibility index (Phi) is 7.77. The van der Waals surface area contributed by atoms with E-state index in [0.717, 1.165) is 11.1 Å². The monoisotopic (exact) mass is 498 g/mol. The highest BCUT2D eigenvalue weighted by Gasteiger charge is 2.33. The first-order chi connectivity index (χ1) is 17.8. The SMILES string of the molecule is CC(CC(=O)C(O)CO)(c1ccc(Oc2ccc(N)cc2)cc1)c1ccc(Oc2ccc(N)cc2)cc1. The average molecular weight is 499 g/mol. The zero-order valence-electron chi connectivity index (χ0n) is 20.5. The number of nitrogen functional groups attached to an aromatic ring is 2. The van der Waals surface area contributed by atoms with E-state index in [4.69, 9.17) is 20.9 Å². The summed E-state index contributed by atoms with van der Waals surface area (Å²) >= 11 is 0. The van der Waals surface area contributed by atoms with Crippen LogP contribution in [0.1, 0.15) is 24.5 Å². The molecule has 4 aromatic rings. The van der Waals surface area contributed by atoms with Crippen molar-refractivity contribution in [1.82, 2.24) is 0 Å². The summed E-state index contributed by atoms with van der Waals surface area (Å²) in [5, 5.41) is 19.3. The van der Waals surface area contributed by atoms with Gasteiger partial charge in [-0.25, -0.2) is 0 Å². The molecule has 6 N–H and O–H groups in total. The standard InChI is InChI=1S/C30H30N2O5/c1-30(18-28(34)29(35)19-33,20-2-10-24(11-3-20)36-26-14-6-22(31)7-15-26)21-4-12-25(13-5-21)37-27-16-8-23(32)9-17-27/h2-17,29,33,35H,18-19,31-32H2,1H3. The number of carbonyl (C=O) groups is 1. The van der Waals surface area contributed by atoms with Gasteiger partial charge in [0.1, 0.15) is 29.1 Å². The van der Waals surface area contributed by atoms with Gasteiger partial charge in [0.25, 0.3) is 0 Å². The van der Waals surface area contributed by atoms with Crippen molar-refractivity contribution in [3.63, 3.8) is 0 Å². The van der Waals surface area contributed by atoms with Gasteiger partial charge in [-0.05, 0) is 83.9 Å². The van der Waals surface area contributed by atoms with Gasteiger partial charge in [-0.1, -0.05) is 31.2 Å². The summed E-state index contributed by atoms with van der Waals surface area (Å²) in [5.41, 5.74) is 13.7. The van der Waals surface area contributed by atoms with Crippen LogP contribution in [0.15, 0.2) is 97.1 Å². The zero-order valence-corrected chi connectivity index (χ0v) is 20.5. The Balaban J connectivity index is 1.60. The van der Waals surface area contributed by atoms with E-state index in [1.54, 1.807) is 48.5 Å². The largest absolute Gasteiger partial charge is 0.457 e. The maximum atomic E-state index is 12.7. The summed E-state index contributed by atoms with van der Waals surface area (Å²) in [7, 11) is 0. The summed E-state index contributed by atoms with van der Waals surface area (Å²) in [6.45, 7) is 1.30. The molecule has 0 aliphatic heterocycles. The molecule has 7 heteroatoms. The van der Waals surface area contributed by atoms with E-state index in [-0.39, 0.29) is 6.42 Å². The molecule has 0 amide bonds. The van der Waals surface area contributed by atoms with Crippen molar-refractivity contribution in [2.24, 2.45) is 0 Å².